The van der Waals surface area contributed by atoms with Crippen LogP contribution in [0.5, 0.6) is 0 Å². The summed E-state index contributed by atoms with van der Waals surface area (Å²) in [6.07, 6.45) is 3.31. The molecule has 1 aliphatic rings. The highest BCUT2D eigenvalue weighted by Gasteiger charge is 2.34. The fourth-order valence-electron chi connectivity index (χ4n) is 1.61. The fourth-order valence-corrected chi connectivity index (χ4v) is 1.61. The van der Waals surface area contributed by atoms with E-state index in [4.69, 9.17) is 0 Å². The van der Waals surface area contributed by atoms with E-state index in [1.807, 2.05) is 18.0 Å². The number of nitrogens with zero attached hydrogens (tertiary/aromatic N) is 1. The molecule has 0 saturated carbocycles. The lowest BCUT2D eigenvalue weighted by atomic mass is 9.95. The van der Waals surface area contributed by atoms with Crippen molar-refractivity contribution in [1.82, 2.24) is 4.90 Å². The van der Waals surface area contributed by atoms with Crippen molar-refractivity contribution in [3.05, 3.63) is 25.3 Å². The summed E-state index contributed by atoms with van der Waals surface area (Å²) in [6.45, 7) is 8.29. The van der Waals surface area contributed by atoms with Crippen molar-refractivity contribution in [3.63, 3.8) is 0 Å². The van der Waals surface area contributed by atoms with Crippen LogP contribution in [0, 0.1) is 11.8 Å². The molecule has 2 heteroatoms. The highest BCUT2D eigenvalue weighted by molar-refractivity contribution is 5.01. The largest absolute Gasteiger partial charge is 0.378 e. The standard InChI is InChI=1S/C9H15NO/c1-4-7-6-10(3)9(11)8(7)5-2/h4-5,7-9,11H,1-2,6H2,3H3. The Morgan fingerprint density at radius 2 is 2.09 bits per heavy atom. The lowest BCUT2D eigenvalue weighted by Gasteiger charge is -2.16. The van der Waals surface area contributed by atoms with Gasteiger partial charge in [-0.3, -0.25) is 4.90 Å². The van der Waals surface area contributed by atoms with Gasteiger partial charge in [0.05, 0.1) is 0 Å². The molecule has 1 rings (SSSR count). The highest BCUT2D eigenvalue weighted by Crippen LogP contribution is 2.28. The van der Waals surface area contributed by atoms with Gasteiger partial charge in [0, 0.05) is 12.5 Å². The molecule has 0 aromatic rings. The quantitative estimate of drug-likeness (QED) is 0.595. The van der Waals surface area contributed by atoms with Crippen molar-refractivity contribution in [2.75, 3.05) is 13.6 Å². The molecule has 3 atom stereocenters. The van der Waals surface area contributed by atoms with Crippen LogP contribution in [0.4, 0.5) is 0 Å². The van der Waals surface area contributed by atoms with Crippen LogP contribution in [0.25, 0.3) is 0 Å². The van der Waals surface area contributed by atoms with E-state index in [1.54, 1.807) is 6.08 Å². The molecule has 0 aromatic carbocycles. The smallest absolute Gasteiger partial charge is 0.114 e. The van der Waals surface area contributed by atoms with Gasteiger partial charge in [0.25, 0.3) is 0 Å². The second kappa shape index (κ2) is 3.20. The summed E-state index contributed by atoms with van der Waals surface area (Å²) in [5, 5.41) is 9.57. The summed E-state index contributed by atoms with van der Waals surface area (Å²) >= 11 is 0. The van der Waals surface area contributed by atoms with Crippen LogP contribution >= 0.6 is 0 Å². The summed E-state index contributed by atoms with van der Waals surface area (Å²) < 4.78 is 0. The summed E-state index contributed by atoms with van der Waals surface area (Å²) in [5.74, 6) is 0.505. The molecule has 0 aromatic heterocycles. The van der Waals surface area contributed by atoms with Crippen LogP contribution in [0.15, 0.2) is 25.3 Å². The SMILES string of the molecule is C=CC1CN(C)C(O)C1C=C. The number of hydrogen-bond donors (Lipinski definition) is 1. The minimum absolute atomic E-state index is 0.150. The van der Waals surface area contributed by atoms with Crippen molar-refractivity contribution >= 4 is 0 Å². The van der Waals surface area contributed by atoms with Gasteiger partial charge >= 0.3 is 0 Å². The van der Waals surface area contributed by atoms with E-state index < -0.39 is 0 Å². The first-order valence-corrected chi connectivity index (χ1v) is 3.84. The Bertz CT molecular complexity index is 167. The molecule has 0 spiro atoms. The van der Waals surface area contributed by atoms with Crippen LogP contribution in [0.3, 0.4) is 0 Å². The van der Waals surface area contributed by atoms with Gasteiger partial charge in [0.15, 0.2) is 0 Å². The minimum atomic E-state index is -0.379. The molecule has 1 N–H and O–H groups in total. The first kappa shape index (κ1) is 8.50. The molecule has 0 bridgehead atoms. The molecule has 1 aliphatic heterocycles. The van der Waals surface area contributed by atoms with E-state index in [2.05, 4.69) is 13.2 Å². The first-order chi connectivity index (χ1) is 5.20. The molecular formula is C9H15NO. The number of aliphatic hydroxyl groups is 1. The topological polar surface area (TPSA) is 23.5 Å². The third-order valence-electron chi connectivity index (χ3n) is 2.36. The average molecular weight is 153 g/mol. The van der Waals surface area contributed by atoms with Gasteiger partial charge in [0.1, 0.15) is 6.23 Å². The van der Waals surface area contributed by atoms with Gasteiger partial charge in [-0.15, -0.1) is 13.2 Å². The maximum atomic E-state index is 9.57. The van der Waals surface area contributed by atoms with Crippen molar-refractivity contribution in [2.45, 2.75) is 6.23 Å². The molecule has 0 radical (unpaired) electrons. The summed E-state index contributed by atoms with van der Waals surface area (Å²) in [6, 6.07) is 0. The van der Waals surface area contributed by atoms with Crippen LogP contribution in [-0.4, -0.2) is 29.8 Å². The molecule has 0 aliphatic carbocycles. The first-order valence-electron chi connectivity index (χ1n) is 3.84. The number of aliphatic hydroxyl groups excluding tert-OH is 1. The van der Waals surface area contributed by atoms with Gasteiger partial charge in [0.2, 0.25) is 0 Å². The van der Waals surface area contributed by atoms with E-state index in [0.717, 1.165) is 6.54 Å². The van der Waals surface area contributed by atoms with Crippen LogP contribution in [-0.2, 0) is 0 Å². The number of rotatable bonds is 2. The maximum Gasteiger partial charge on any atom is 0.114 e. The Kier molecular flexibility index (Phi) is 2.47. The van der Waals surface area contributed by atoms with Crippen molar-refractivity contribution in [3.8, 4) is 0 Å². The minimum Gasteiger partial charge on any atom is -0.378 e. The van der Waals surface area contributed by atoms with Crippen molar-refractivity contribution in [2.24, 2.45) is 11.8 Å². The van der Waals surface area contributed by atoms with Crippen LogP contribution in [0.1, 0.15) is 0 Å². The van der Waals surface area contributed by atoms with E-state index in [9.17, 15) is 5.11 Å². The predicted octanol–water partition coefficient (Wildman–Crippen LogP) is 0.855. The van der Waals surface area contributed by atoms with Crippen molar-refractivity contribution in [1.29, 1.82) is 0 Å². The van der Waals surface area contributed by atoms with E-state index in [0.29, 0.717) is 5.92 Å². The number of hydrogen-bond acceptors (Lipinski definition) is 2. The third kappa shape index (κ3) is 1.37. The zero-order chi connectivity index (χ0) is 8.43. The second-order valence-corrected chi connectivity index (χ2v) is 3.07. The Hall–Kier alpha value is -0.600. The molecule has 1 saturated heterocycles. The molecule has 0 amide bonds. The fraction of sp³-hybridized carbons (Fsp3) is 0.556. The monoisotopic (exact) mass is 153 g/mol. The zero-order valence-electron chi connectivity index (χ0n) is 6.90. The molecule has 3 unspecified atom stereocenters. The Morgan fingerprint density at radius 3 is 2.45 bits per heavy atom. The number of likely N-dealkylation sites (tertiary alicyclic amines) is 1. The zero-order valence-corrected chi connectivity index (χ0v) is 6.90. The summed E-state index contributed by atoms with van der Waals surface area (Å²) in [5.41, 5.74) is 0. The normalized spacial score (nSPS) is 38.9. The lowest BCUT2D eigenvalue weighted by Crippen LogP contribution is -2.27. The molecular weight excluding hydrogens is 138 g/mol. The molecule has 1 heterocycles. The second-order valence-electron chi connectivity index (χ2n) is 3.07. The molecule has 62 valence electrons. The lowest BCUT2D eigenvalue weighted by molar-refractivity contribution is 0.0359. The average Bonchev–Trinajstić information content (AvgIpc) is 2.28. The molecule has 1 fully saturated rings. The van der Waals surface area contributed by atoms with E-state index >= 15 is 0 Å². The van der Waals surface area contributed by atoms with Gasteiger partial charge < -0.3 is 5.11 Å². The Labute approximate surface area is 67.8 Å². The third-order valence-corrected chi connectivity index (χ3v) is 2.36. The van der Waals surface area contributed by atoms with Gasteiger partial charge in [-0.25, -0.2) is 0 Å². The van der Waals surface area contributed by atoms with Crippen molar-refractivity contribution < 1.29 is 5.11 Å². The molecule has 2 nitrogen and oxygen atoms in total. The highest BCUT2D eigenvalue weighted by atomic mass is 16.3. The van der Waals surface area contributed by atoms with Gasteiger partial charge in [-0.1, -0.05) is 12.2 Å². The van der Waals surface area contributed by atoms with Crippen LogP contribution in [0.2, 0.25) is 0 Å². The molecule has 11 heavy (non-hydrogen) atoms. The predicted molar refractivity (Wildman–Crippen MR) is 46.0 cm³/mol. The van der Waals surface area contributed by atoms with Gasteiger partial charge in [-0.05, 0) is 13.0 Å². The maximum absolute atomic E-state index is 9.57. The van der Waals surface area contributed by atoms with Gasteiger partial charge in [-0.2, -0.15) is 0 Å². The summed E-state index contributed by atoms with van der Waals surface area (Å²) in [7, 11) is 1.91. The summed E-state index contributed by atoms with van der Waals surface area (Å²) in [4.78, 5) is 1.92. The van der Waals surface area contributed by atoms with E-state index in [1.165, 1.54) is 0 Å². The Morgan fingerprint density at radius 1 is 1.45 bits per heavy atom. The van der Waals surface area contributed by atoms with Crippen LogP contribution < -0.4 is 0 Å². The van der Waals surface area contributed by atoms with E-state index in [-0.39, 0.29) is 12.1 Å². The Balaban J connectivity index is 2.71.